The molecule has 0 aromatic rings. The molecule has 10 heteroatoms. The highest BCUT2D eigenvalue weighted by Gasteiger charge is 2.35. The summed E-state index contributed by atoms with van der Waals surface area (Å²) in [6, 6.07) is 0. The first-order chi connectivity index (χ1) is 15.7. The first-order valence-electron chi connectivity index (χ1n) is 12.0. The van der Waals surface area contributed by atoms with E-state index in [0.29, 0.717) is 62.1 Å². The molecule has 8 nitrogen and oxygen atoms in total. The first kappa shape index (κ1) is 28.3. The van der Waals surface area contributed by atoms with Crippen molar-refractivity contribution in [3.63, 3.8) is 0 Å². The van der Waals surface area contributed by atoms with Gasteiger partial charge in [0.05, 0.1) is 13.1 Å². The number of carbonyl (C=O) groups is 4. The average Bonchev–Trinajstić information content (AvgIpc) is 3.21. The number of ketones is 2. The van der Waals surface area contributed by atoms with E-state index in [1.54, 1.807) is 9.80 Å². The summed E-state index contributed by atoms with van der Waals surface area (Å²) in [6.07, 6.45) is 2.47. The Labute approximate surface area is 213 Å². The molecular formula is C24H38N4O4S2. The van der Waals surface area contributed by atoms with Crippen molar-refractivity contribution in [2.45, 2.75) is 73.1 Å². The molecule has 0 atom stereocenters. The van der Waals surface area contributed by atoms with E-state index in [1.165, 1.54) is 0 Å². The van der Waals surface area contributed by atoms with E-state index >= 15 is 0 Å². The molecule has 0 bridgehead atoms. The summed E-state index contributed by atoms with van der Waals surface area (Å²) in [4.78, 5) is 54.1. The minimum absolute atomic E-state index is 0.00644. The molecule has 2 saturated heterocycles. The highest BCUT2D eigenvalue weighted by Crippen LogP contribution is 2.28. The molecule has 2 amide bonds. The Morgan fingerprint density at radius 2 is 1.35 bits per heavy atom. The molecule has 34 heavy (non-hydrogen) atoms. The summed E-state index contributed by atoms with van der Waals surface area (Å²) >= 11 is 10.6. The highest BCUT2D eigenvalue weighted by molar-refractivity contribution is 7.80. The third-order valence-corrected chi connectivity index (χ3v) is 7.31. The maximum Gasteiger partial charge on any atom is 0.248 e. The van der Waals surface area contributed by atoms with Crippen LogP contribution in [-0.2, 0) is 19.2 Å². The largest absolute Gasteiger partial charge is 0.353 e. The third-order valence-electron chi connectivity index (χ3n) is 6.46. The lowest BCUT2D eigenvalue weighted by Crippen LogP contribution is -2.39. The third kappa shape index (κ3) is 8.08. The van der Waals surface area contributed by atoms with E-state index in [-0.39, 0.29) is 53.6 Å². The Morgan fingerprint density at radius 3 is 1.76 bits per heavy atom. The molecule has 0 aliphatic carbocycles. The number of likely N-dealkylation sites (N-methyl/N-ethyl adjacent to an activating group) is 1. The summed E-state index contributed by atoms with van der Waals surface area (Å²) in [5.74, 6) is 0.0792. The van der Waals surface area contributed by atoms with E-state index in [9.17, 15) is 19.2 Å². The fourth-order valence-corrected chi connectivity index (χ4v) is 4.71. The number of carbonyl (C=O) groups excluding carboxylic acids is 4. The van der Waals surface area contributed by atoms with Gasteiger partial charge in [0.1, 0.15) is 11.6 Å². The molecule has 2 aliphatic heterocycles. The molecule has 0 aromatic heterocycles. The van der Waals surface area contributed by atoms with Crippen molar-refractivity contribution in [3.8, 4) is 0 Å². The van der Waals surface area contributed by atoms with Crippen LogP contribution in [0.1, 0.15) is 73.1 Å². The van der Waals surface area contributed by atoms with E-state index < -0.39 is 0 Å². The van der Waals surface area contributed by atoms with E-state index in [2.05, 4.69) is 5.32 Å². The van der Waals surface area contributed by atoms with Crippen LogP contribution in [-0.4, -0.2) is 81.0 Å². The molecule has 0 aromatic carbocycles. The average molecular weight is 511 g/mol. The highest BCUT2D eigenvalue weighted by atomic mass is 32.1. The summed E-state index contributed by atoms with van der Waals surface area (Å²) in [7, 11) is 0. The molecule has 1 N–H and O–H groups in total. The van der Waals surface area contributed by atoms with Crippen molar-refractivity contribution in [1.82, 2.24) is 20.0 Å². The molecule has 2 fully saturated rings. The van der Waals surface area contributed by atoms with Gasteiger partial charge in [0.2, 0.25) is 11.8 Å². The maximum absolute atomic E-state index is 12.4. The number of Topliss-reactive ketones (excluding diaryl/α,β-unsaturated/α-hetero) is 2. The van der Waals surface area contributed by atoms with Gasteiger partial charge in [0.25, 0.3) is 0 Å². The first-order valence-corrected chi connectivity index (χ1v) is 12.8. The predicted octanol–water partition coefficient (Wildman–Crippen LogP) is 2.68. The Morgan fingerprint density at radius 1 is 0.853 bits per heavy atom. The minimum atomic E-state index is -0.254. The van der Waals surface area contributed by atoms with Crippen LogP contribution in [0.2, 0.25) is 0 Å². The van der Waals surface area contributed by atoms with Gasteiger partial charge in [-0.25, -0.2) is 0 Å². The summed E-state index contributed by atoms with van der Waals surface area (Å²) in [6.45, 7) is 12.3. The van der Waals surface area contributed by atoms with Crippen LogP contribution >= 0.6 is 24.4 Å². The zero-order valence-corrected chi connectivity index (χ0v) is 22.7. The lowest BCUT2D eigenvalue weighted by molar-refractivity contribution is -0.127. The van der Waals surface area contributed by atoms with Crippen LogP contribution in [0.5, 0.6) is 0 Å². The number of hydrogen-bond acceptors (Lipinski definition) is 6. The van der Waals surface area contributed by atoms with Gasteiger partial charge >= 0.3 is 0 Å². The Kier molecular flexibility index (Phi) is 9.71. The monoisotopic (exact) mass is 510 g/mol. The number of thiocarbonyl (C=S) groups is 2. The zero-order valence-electron chi connectivity index (χ0n) is 21.1. The van der Waals surface area contributed by atoms with Crippen molar-refractivity contribution in [2.75, 3.05) is 32.7 Å². The SMILES string of the molecule is CCN1CC(=O)N(CC(C)(C)CCC(=O)CCC(=O)CCC(C)(C)CN2C(=O)CNC2=S)C1=S. The van der Waals surface area contributed by atoms with Crippen molar-refractivity contribution in [3.05, 3.63) is 0 Å². The van der Waals surface area contributed by atoms with E-state index in [1.807, 2.05) is 39.5 Å². The fourth-order valence-electron chi connectivity index (χ4n) is 4.11. The lowest BCUT2D eigenvalue weighted by atomic mass is 9.85. The van der Waals surface area contributed by atoms with Gasteiger partial charge < -0.3 is 10.2 Å². The molecule has 2 rings (SSSR count). The van der Waals surface area contributed by atoms with Gasteiger partial charge in [-0.15, -0.1) is 0 Å². The van der Waals surface area contributed by atoms with Crippen molar-refractivity contribution >= 4 is 58.0 Å². The number of nitrogens with zero attached hydrogens (tertiary/aromatic N) is 3. The predicted molar refractivity (Wildman–Crippen MR) is 139 cm³/mol. The van der Waals surface area contributed by atoms with Crippen LogP contribution in [0.15, 0.2) is 0 Å². The Balaban J connectivity index is 1.70. The van der Waals surface area contributed by atoms with Crippen LogP contribution in [0.3, 0.4) is 0 Å². The fraction of sp³-hybridized carbons (Fsp3) is 0.750. The summed E-state index contributed by atoms with van der Waals surface area (Å²) in [5, 5.41) is 3.87. The zero-order chi connectivity index (χ0) is 25.7. The second-order valence-corrected chi connectivity index (χ2v) is 11.6. The second kappa shape index (κ2) is 11.7. The van der Waals surface area contributed by atoms with Crippen LogP contribution in [0, 0.1) is 10.8 Å². The van der Waals surface area contributed by atoms with Crippen molar-refractivity contribution in [1.29, 1.82) is 0 Å². The quantitative estimate of drug-likeness (QED) is 0.357. The molecule has 0 radical (unpaired) electrons. The standard InChI is InChI=1S/C24H38N4O4S2/c1-6-26-14-20(32)28(22(26)34)16-24(4,5)12-10-18(30)8-7-17(29)9-11-23(2,3)15-27-19(31)13-25-21(27)33/h6-16H2,1-5H3,(H,25,33). The summed E-state index contributed by atoms with van der Waals surface area (Å²) in [5.41, 5.74) is -0.508. The lowest BCUT2D eigenvalue weighted by Gasteiger charge is -2.30. The topological polar surface area (TPSA) is 90.0 Å². The van der Waals surface area contributed by atoms with Gasteiger partial charge in [0.15, 0.2) is 10.2 Å². The van der Waals surface area contributed by atoms with Crippen molar-refractivity contribution in [2.24, 2.45) is 10.8 Å². The van der Waals surface area contributed by atoms with Crippen LogP contribution in [0.25, 0.3) is 0 Å². The smallest absolute Gasteiger partial charge is 0.248 e. The Hall–Kier alpha value is -1.94. The molecule has 2 heterocycles. The molecule has 2 aliphatic rings. The normalized spacial score (nSPS) is 17.1. The van der Waals surface area contributed by atoms with Gasteiger partial charge in [-0.2, -0.15) is 0 Å². The Bertz CT molecular complexity index is 840. The molecule has 0 spiro atoms. The summed E-state index contributed by atoms with van der Waals surface area (Å²) < 4.78 is 0. The van der Waals surface area contributed by atoms with E-state index in [4.69, 9.17) is 24.4 Å². The van der Waals surface area contributed by atoms with Crippen LogP contribution < -0.4 is 5.32 Å². The van der Waals surface area contributed by atoms with Gasteiger partial charge in [-0.05, 0) is 55.0 Å². The van der Waals surface area contributed by atoms with E-state index in [0.717, 1.165) is 0 Å². The number of hydrogen-bond donors (Lipinski definition) is 1. The minimum Gasteiger partial charge on any atom is -0.353 e. The number of nitrogens with one attached hydrogen (secondary N) is 1. The number of amides is 2. The van der Waals surface area contributed by atoms with Gasteiger partial charge in [0, 0.05) is 45.3 Å². The van der Waals surface area contributed by atoms with Gasteiger partial charge in [-0.3, -0.25) is 29.0 Å². The molecule has 0 unspecified atom stereocenters. The van der Waals surface area contributed by atoms with Crippen LogP contribution in [0.4, 0.5) is 0 Å². The number of rotatable bonds is 14. The molecule has 0 saturated carbocycles. The molecular weight excluding hydrogens is 472 g/mol. The second-order valence-electron chi connectivity index (χ2n) is 10.8. The molecule has 190 valence electrons. The maximum atomic E-state index is 12.4. The van der Waals surface area contributed by atoms with Gasteiger partial charge in [-0.1, -0.05) is 27.7 Å². The van der Waals surface area contributed by atoms with Crippen molar-refractivity contribution < 1.29 is 19.2 Å².